The van der Waals surface area contributed by atoms with Crippen molar-refractivity contribution in [3.05, 3.63) is 47.1 Å². The van der Waals surface area contributed by atoms with Crippen LogP contribution in [-0.4, -0.2) is 11.1 Å². The Kier molecular flexibility index (Phi) is 6.87. The third-order valence-corrected chi connectivity index (χ3v) is 5.88. The number of carboxylic acids is 1. The summed E-state index contributed by atoms with van der Waals surface area (Å²) in [6, 6.07) is 0. The molecule has 2 aliphatic rings. The third kappa shape index (κ3) is 5.73. The molecule has 0 aromatic carbocycles. The highest BCUT2D eigenvalue weighted by molar-refractivity contribution is 5.81. The Bertz CT molecular complexity index is 602. The van der Waals surface area contributed by atoms with Crippen molar-refractivity contribution in [2.24, 2.45) is 17.3 Å². The zero-order valence-electron chi connectivity index (χ0n) is 16.3. The van der Waals surface area contributed by atoms with Gasteiger partial charge in [0, 0.05) is 6.08 Å². The normalized spacial score (nSPS) is 28.1. The monoisotopic (exact) mass is 342 g/mol. The Morgan fingerprint density at radius 2 is 1.76 bits per heavy atom. The lowest BCUT2D eigenvalue weighted by atomic mass is 9.71. The van der Waals surface area contributed by atoms with E-state index in [1.807, 2.05) is 13.0 Å². The molecule has 0 amide bonds. The molecule has 0 aromatic heterocycles. The first-order valence-corrected chi connectivity index (χ1v) is 9.77. The number of carbonyl (C=O) groups is 1. The van der Waals surface area contributed by atoms with Gasteiger partial charge < -0.3 is 5.11 Å². The zero-order valence-corrected chi connectivity index (χ0v) is 16.3. The summed E-state index contributed by atoms with van der Waals surface area (Å²) in [4.78, 5) is 10.8. The van der Waals surface area contributed by atoms with E-state index in [2.05, 4.69) is 39.0 Å². The van der Waals surface area contributed by atoms with E-state index in [-0.39, 0.29) is 0 Å². The van der Waals surface area contributed by atoms with E-state index in [0.717, 1.165) is 5.57 Å². The highest BCUT2D eigenvalue weighted by Crippen LogP contribution is 2.41. The van der Waals surface area contributed by atoms with Gasteiger partial charge in [-0.3, -0.25) is 0 Å². The maximum absolute atomic E-state index is 10.8. The molecule has 0 spiro atoms. The number of carboxylic acid groups (broad SMARTS) is 1. The van der Waals surface area contributed by atoms with E-state index >= 15 is 0 Å². The second-order valence-corrected chi connectivity index (χ2v) is 8.49. The van der Waals surface area contributed by atoms with Crippen molar-refractivity contribution < 1.29 is 9.90 Å². The first-order chi connectivity index (χ1) is 11.8. The average molecular weight is 343 g/mol. The first kappa shape index (κ1) is 19.8. The smallest absolute Gasteiger partial charge is 0.328 e. The van der Waals surface area contributed by atoms with E-state index in [9.17, 15) is 4.79 Å². The topological polar surface area (TPSA) is 37.3 Å². The van der Waals surface area contributed by atoms with Gasteiger partial charge in [0.1, 0.15) is 0 Å². The van der Waals surface area contributed by atoms with Crippen molar-refractivity contribution in [3.63, 3.8) is 0 Å². The number of allylic oxidation sites excluding steroid dienone is 7. The molecule has 0 heterocycles. The van der Waals surface area contributed by atoms with Gasteiger partial charge in [-0.05, 0) is 74.3 Å². The van der Waals surface area contributed by atoms with Crippen LogP contribution in [0.1, 0.15) is 72.6 Å². The Morgan fingerprint density at radius 3 is 2.36 bits per heavy atom. The van der Waals surface area contributed by atoms with Crippen molar-refractivity contribution in [2.45, 2.75) is 72.6 Å². The lowest BCUT2D eigenvalue weighted by molar-refractivity contribution is -0.131. The van der Waals surface area contributed by atoms with Gasteiger partial charge in [-0.25, -0.2) is 4.79 Å². The largest absolute Gasteiger partial charge is 0.478 e. The molecular weight excluding hydrogens is 308 g/mol. The molecule has 1 saturated carbocycles. The minimum Gasteiger partial charge on any atom is -0.478 e. The third-order valence-electron chi connectivity index (χ3n) is 5.88. The summed E-state index contributed by atoms with van der Waals surface area (Å²) in [5, 5.41) is 8.85. The maximum Gasteiger partial charge on any atom is 0.328 e. The number of hydrogen-bond acceptors (Lipinski definition) is 1. The van der Waals surface area contributed by atoms with Crippen LogP contribution in [0.2, 0.25) is 0 Å². The Hall–Kier alpha value is -1.57. The van der Waals surface area contributed by atoms with Gasteiger partial charge in [-0.2, -0.15) is 0 Å². The molecule has 0 saturated heterocycles. The first-order valence-electron chi connectivity index (χ1n) is 9.77. The summed E-state index contributed by atoms with van der Waals surface area (Å²) in [5.41, 5.74) is 4.19. The van der Waals surface area contributed by atoms with Crippen LogP contribution in [0.25, 0.3) is 0 Å². The molecule has 1 unspecified atom stereocenters. The van der Waals surface area contributed by atoms with Crippen LogP contribution in [0.15, 0.2) is 47.1 Å². The minimum atomic E-state index is -0.871. The lowest BCUT2D eigenvalue weighted by Gasteiger charge is -2.34. The van der Waals surface area contributed by atoms with Crippen LogP contribution in [0.4, 0.5) is 0 Å². The minimum absolute atomic E-state index is 0.291. The van der Waals surface area contributed by atoms with E-state index in [1.165, 1.54) is 56.6 Å². The molecule has 0 radical (unpaired) electrons. The van der Waals surface area contributed by atoms with Gasteiger partial charge in [0.2, 0.25) is 0 Å². The van der Waals surface area contributed by atoms with Gasteiger partial charge in [0.25, 0.3) is 0 Å². The molecule has 2 aliphatic carbocycles. The summed E-state index contributed by atoms with van der Waals surface area (Å²) >= 11 is 0. The fraction of sp³-hybridized carbons (Fsp3) is 0.609. The van der Waals surface area contributed by atoms with Crippen molar-refractivity contribution in [1.29, 1.82) is 0 Å². The van der Waals surface area contributed by atoms with Crippen LogP contribution < -0.4 is 0 Å². The Labute approximate surface area is 153 Å². The molecule has 1 fully saturated rings. The predicted octanol–water partition coefficient (Wildman–Crippen LogP) is 6.46. The summed E-state index contributed by atoms with van der Waals surface area (Å²) in [6.07, 6.45) is 19.2. The molecule has 2 heteroatoms. The molecule has 1 N–H and O–H groups in total. The van der Waals surface area contributed by atoms with Crippen molar-refractivity contribution in [1.82, 2.24) is 0 Å². The number of aliphatic carboxylic acids is 1. The second kappa shape index (κ2) is 8.69. The van der Waals surface area contributed by atoms with Gasteiger partial charge in [0.05, 0.1) is 0 Å². The maximum atomic E-state index is 10.8. The van der Waals surface area contributed by atoms with Crippen LogP contribution in [0.3, 0.4) is 0 Å². The van der Waals surface area contributed by atoms with Gasteiger partial charge in [0.15, 0.2) is 0 Å². The quantitative estimate of drug-likeness (QED) is 0.459. The van der Waals surface area contributed by atoms with Crippen molar-refractivity contribution in [2.75, 3.05) is 0 Å². The van der Waals surface area contributed by atoms with Crippen molar-refractivity contribution >= 4 is 5.97 Å². The van der Waals surface area contributed by atoms with Crippen LogP contribution >= 0.6 is 0 Å². The van der Waals surface area contributed by atoms with Crippen LogP contribution in [0, 0.1) is 17.3 Å². The van der Waals surface area contributed by atoms with E-state index in [4.69, 9.17) is 5.11 Å². The van der Waals surface area contributed by atoms with E-state index < -0.39 is 5.97 Å². The molecule has 2 nitrogen and oxygen atoms in total. The average Bonchev–Trinajstić information content (AvgIpc) is 2.52. The summed E-state index contributed by atoms with van der Waals surface area (Å²) < 4.78 is 0. The van der Waals surface area contributed by atoms with E-state index in [1.54, 1.807) is 5.57 Å². The molecule has 2 atom stereocenters. The fourth-order valence-electron chi connectivity index (χ4n) is 4.41. The summed E-state index contributed by atoms with van der Waals surface area (Å²) in [5.74, 6) is 0.222. The lowest BCUT2D eigenvalue weighted by Crippen LogP contribution is -2.20. The Morgan fingerprint density at radius 1 is 1.12 bits per heavy atom. The fourth-order valence-corrected chi connectivity index (χ4v) is 4.41. The molecule has 25 heavy (non-hydrogen) atoms. The zero-order chi connectivity index (χ0) is 18.4. The Balaban J connectivity index is 2.13. The molecule has 2 rings (SSSR count). The number of hydrogen-bond donors (Lipinski definition) is 1. The standard InChI is InChI=1S/C23H34O2/c1-17(16-22(24)25)11-12-19-9-5-6-10-20(19)13-14-21-18(2)8-7-15-23(21,3)4/h11-14,16,19-20H,5-10,15H2,1-4H3,(H,24,25)/t19-,20?/m1/s1. The van der Waals surface area contributed by atoms with Gasteiger partial charge >= 0.3 is 5.97 Å². The van der Waals surface area contributed by atoms with Gasteiger partial charge in [-0.1, -0.05) is 56.6 Å². The molecule has 138 valence electrons. The summed E-state index contributed by atoms with van der Waals surface area (Å²) in [7, 11) is 0. The summed E-state index contributed by atoms with van der Waals surface area (Å²) in [6.45, 7) is 8.89. The van der Waals surface area contributed by atoms with E-state index in [0.29, 0.717) is 17.3 Å². The molecule has 0 bridgehead atoms. The predicted molar refractivity (Wildman–Crippen MR) is 105 cm³/mol. The van der Waals surface area contributed by atoms with Crippen molar-refractivity contribution in [3.8, 4) is 0 Å². The highest BCUT2D eigenvalue weighted by atomic mass is 16.4. The van der Waals surface area contributed by atoms with Gasteiger partial charge in [-0.15, -0.1) is 0 Å². The SMILES string of the molecule is CC(C=C[C@H]1CCCCC1C=CC1=C(C)CCCC1(C)C)=CC(=O)O. The molecular formula is C23H34O2. The molecule has 0 aromatic rings. The second-order valence-electron chi connectivity index (χ2n) is 8.49. The van der Waals surface area contributed by atoms with Crippen LogP contribution in [-0.2, 0) is 4.79 Å². The van der Waals surface area contributed by atoms with Crippen LogP contribution in [0.5, 0.6) is 0 Å². The molecule has 0 aliphatic heterocycles. The highest BCUT2D eigenvalue weighted by Gasteiger charge is 2.27. The number of rotatable bonds is 5.